The molecule has 0 saturated heterocycles. The zero-order chi connectivity index (χ0) is 22.8. The Morgan fingerprint density at radius 3 is 2.88 bits per heavy atom. The zero-order valence-corrected chi connectivity index (χ0v) is 17.9. The molecule has 0 saturated carbocycles. The number of aryl methyl sites for hydroxylation is 1. The van der Waals surface area contributed by atoms with E-state index in [4.69, 9.17) is 4.74 Å². The van der Waals surface area contributed by atoms with Gasteiger partial charge >= 0.3 is 0 Å². The Kier molecular flexibility index (Phi) is 5.19. The highest BCUT2D eigenvalue weighted by atomic mass is 16.5. The number of carbonyl (C=O) groups excluding carboxylic acids is 1. The zero-order valence-electron chi connectivity index (χ0n) is 17.9. The highest BCUT2D eigenvalue weighted by Crippen LogP contribution is 2.30. The van der Waals surface area contributed by atoms with Gasteiger partial charge < -0.3 is 15.4 Å². The first-order valence-electron chi connectivity index (χ1n) is 10.2. The van der Waals surface area contributed by atoms with Gasteiger partial charge in [-0.15, -0.1) is 5.10 Å². The van der Waals surface area contributed by atoms with E-state index >= 15 is 0 Å². The van der Waals surface area contributed by atoms with Crippen molar-refractivity contribution < 1.29 is 9.53 Å². The van der Waals surface area contributed by atoms with Gasteiger partial charge in [0, 0.05) is 24.4 Å². The number of pyridine rings is 2. The smallest absolute Gasteiger partial charge is 0.225 e. The van der Waals surface area contributed by atoms with Crippen molar-refractivity contribution >= 4 is 39.9 Å². The van der Waals surface area contributed by atoms with Crippen LogP contribution in [0.4, 0.5) is 17.3 Å². The Bertz CT molecular complexity index is 1480. The van der Waals surface area contributed by atoms with Crippen molar-refractivity contribution in [3.05, 3.63) is 60.6 Å². The van der Waals surface area contributed by atoms with Gasteiger partial charge in [-0.1, -0.05) is 6.92 Å². The van der Waals surface area contributed by atoms with Gasteiger partial charge in [-0.3, -0.25) is 4.79 Å². The number of ether oxygens (including phenoxy) is 1. The maximum absolute atomic E-state index is 11.7. The Labute approximate surface area is 187 Å². The van der Waals surface area contributed by atoms with Crippen LogP contribution < -0.4 is 15.4 Å². The van der Waals surface area contributed by atoms with Gasteiger partial charge in [-0.25, -0.2) is 19.5 Å². The van der Waals surface area contributed by atoms with Crippen molar-refractivity contribution in [3.63, 3.8) is 0 Å². The van der Waals surface area contributed by atoms with Crippen LogP contribution in [0.25, 0.3) is 16.7 Å². The Balaban J connectivity index is 1.39. The molecule has 0 aliphatic rings. The van der Waals surface area contributed by atoms with Crippen molar-refractivity contribution in [2.75, 3.05) is 10.6 Å². The normalized spacial score (nSPS) is 11.0. The molecule has 11 heteroatoms. The van der Waals surface area contributed by atoms with Crippen molar-refractivity contribution in [2.24, 2.45) is 0 Å². The van der Waals surface area contributed by atoms with Crippen LogP contribution in [0.1, 0.15) is 18.9 Å². The van der Waals surface area contributed by atoms with Gasteiger partial charge in [0.1, 0.15) is 29.2 Å². The minimum absolute atomic E-state index is 0.112. The minimum atomic E-state index is -0.112. The SMILES string of the molecule is CCC(=O)Nc1ccc2ncnc(Nc3ccc(Oc4ccn5nnnc5c4)c(C)c3)c2n1. The number of aromatic nitrogens is 7. The quantitative estimate of drug-likeness (QED) is 0.405. The molecular formula is C22H19N9O2. The Hall–Kier alpha value is -4.67. The first-order valence-corrected chi connectivity index (χ1v) is 10.2. The topological polar surface area (TPSA) is 132 Å². The highest BCUT2D eigenvalue weighted by molar-refractivity contribution is 5.93. The second-order valence-corrected chi connectivity index (χ2v) is 7.24. The highest BCUT2D eigenvalue weighted by Gasteiger charge is 2.10. The number of fused-ring (bicyclic) bond motifs is 2. The molecule has 0 bridgehead atoms. The maximum Gasteiger partial charge on any atom is 0.225 e. The predicted octanol–water partition coefficient (Wildman–Crippen LogP) is 3.66. The standard InChI is InChI=1S/C22H19N9O2/c1-3-20(32)26-18-7-5-16-21(27-18)22(24-12-23-16)25-14-4-6-17(13(2)10-14)33-15-8-9-31-19(11-15)28-29-30-31/h4-12H,3H2,1-2H3,(H,23,24,25)(H,26,27,32). The van der Waals surface area contributed by atoms with Crippen LogP contribution in [-0.2, 0) is 4.79 Å². The van der Waals surface area contributed by atoms with Gasteiger partial charge in [-0.2, -0.15) is 0 Å². The first kappa shape index (κ1) is 20.2. The average Bonchev–Trinajstić information content (AvgIpc) is 3.29. The van der Waals surface area contributed by atoms with Gasteiger partial charge in [-0.05, 0) is 59.3 Å². The summed E-state index contributed by atoms with van der Waals surface area (Å²) in [6, 6.07) is 12.8. The number of benzene rings is 1. The summed E-state index contributed by atoms with van der Waals surface area (Å²) in [6.45, 7) is 3.73. The maximum atomic E-state index is 11.7. The van der Waals surface area contributed by atoms with Crippen molar-refractivity contribution in [1.82, 2.24) is 35.0 Å². The van der Waals surface area contributed by atoms with Gasteiger partial charge in [0.15, 0.2) is 11.5 Å². The molecule has 33 heavy (non-hydrogen) atoms. The molecule has 0 aliphatic heterocycles. The summed E-state index contributed by atoms with van der Waals surface area (Å²) in [6.07, 6.45) is 3.57. The molecule has 4 aromatic heterocycles. The van der Waals surface area contributed by atoms with E-state index in [1.165, 1.54) is 6.33 Å². The van der Waals surface area contributed by atoms with E-state index in [1.807, 2.05) is 25.1 Å². The number of carbonyl (C=O) groups is 1. The van der Waals surface area contributed by atoms with Crippen molar-refractivity contribution in [2.45, 2.75) is 20.3 Å². The Morgan fingerprint density at radius 1 is 1.12 bits per heavy atom. The van der Waals surface area contributed by atoms with E-state index in [0.717, 1.165) is 11.3 Å². The molecule has 1 amide bonds. The summed E-state index contributed by atoms with van der Waals surface area (Å²) in [4.78, 5) is 24.8. The lowest BCUT2D eigenvalue weighted by atomic mass is 10.2. The number of nitrogens with one attached hydrogen (secondary N) is 2. The summed E-state index contributed by atoms with van der Waals surface area (Å²) >= 11 is 0. The fourth-order valence-electron chi connectivity index (χ4n) is 3.22. The number of hydrogen-bond acceptors (Lipinski definition) is 9. The van der Waals surface area contributed by atoms with Crippen LogP contribution in [-0.4, -0.2) is 40.9 Å². The summed E-state index contributed by atoms with van der Waals surface area (Å²) in [7, 11) is 0. The Morgan fingerprint density at radius 2 is 2.03 bits per heavy atom. The molecule has 0 aliphatic carbocycles. The van der Waals surface area contributed by atoms with Crippen LogP contribution in [0.5, 0.6) is 11.5 Å². The van der Waals surface area contributed by atoms with E-state index in [0.29, 0.717) is 46.2 Å². The second-order valence-electron chi connectivity index (χ2n) is 7.24. The summed E-state index contributed by atoms with van der Waals surface area (Å²) in [5.41, 5.74) is 3.54. The van der Waals surface area contributed by atoms with Gasteiger partial charge in [0.2, 0.25) is 5.91 Å². The molecule has 1 aromatic carbocycles. The number of nitrogens with zero attached hydrogens (tertiary/aromatic N) is 7. The predicted molar refractivity (Wildman–Crippen MR) is 122 cm³/mol. The van der Waals surface area contributed by atoms with Crippen molar-refractivity contribution in [1.29, 1.82) is 0 Å². The first-order chi connectivity index (χ1) is 16.1. The summed E-state index contributed by atoms with van der Waals surface area (Å²) < 4.78 is 7.57. The number of amides is 1. The largest absolute Gasteiger partial charge is 0.457 e. The molecular weight excluding hydrogens is 422 g/mol. The molecule has 0 atom stereocenters. The second kappa shape index (κ2) is 8.46. The summed E-state index contributed by atoms with van der Waals surface area (Å²) in [5, 5.41) is 17.4. The average molecular weight is 441 g/mol. The fraction of sp³-hybridized carbons (Fsp3) is 0.136. The molecule has 0 spiro atoms. The molecule has 11 nitrogen and oxygen atoms in total. The van der Waals surface area contributed by atoms with E-state index < -0.39 is 0 Å². The van der Waals surface area contributed by atoms with Crippen LogP contribution >= 0.6 is 0 Å². The number of anilines is 3. The van der Waals surface area contributed by atoms with E-state index in [-0.39, 0.29) is 5.91 Å². The van der Waals surface area contributed by atoms with Gasteiger partial charge in [0.25, 0.3) is 0 Å². The van der Waals surface area contributed by atoms with Crippen molar-refractivity contribution in [3.8, 4) is 11.5 Å². The third kappa shape index (κ3) is 4.24. The third-order valence-electron chi connectivity index (χ3n) is 4.91. The van der Waals surface area contributed by atoms with Crippen LogP contribution in [0.3, 0.4) is 0 Å². The summed E-state index contributed by atoms with van der Waals surface area (Å²) in [5.74, 6) is 2.21. The van der Waals surface area contributed by atoms with E-state index in [9.17, 15) is 4.79 Å². The van der Waals surface area contributed by atoms with Crippen LogP contribution in [0.15, 0.2) is 55.0 Å². The lowest BCUT2D eigenvalue weighted by Crippen LogP contribution is -2.11. The van der Waals surface area contributed by atoms with Gasteiger partial charge in [0.05, 0.1) is 5.52 Å². The van der Waals surface area contributed by atoms with Crippen LogP contribution in [0.2, 0.25) is 0 Å². The van der Waals surface area contributed by atoms with E-state index in [1.54, 1.807) is 41.9 Å². The van der Waals surface area contributed by atoms with E-state index in [2.05, 4.69) is 41.1 Å². The van der Waals surface area contributed by atoms with Crippen LogP contribution in [0, 0.1) is 6.92 Å². The molecule has 0 unspecified atom stereocenters. The number of tetrazole rings is 1. The molecule has 2 N–H and O–H groups in total. The molecule has 0 fully saturated rings. The molecule has 4 heterocycles. The monoisotopic (exact) mass is 441 g/mol. The molecule has 5 aromatic rings. The molecule has 0 radical (unpaired) electrons. The number of rotatable bonds is 6. The minimum Gasteiger partial charge on any atom is -0.457 e. The lowest BCUT2D eigenvalue weighted by molar-refractivity contribution is -0.115. The number of hydrogen-bond donors (Lipinski definition) is 2. The molecule has 164 valence electrons. The third-order valence-corrected chi connectivity index (χ3v) is 4.91. The lowest BCUT2D eigenvalue weighted by Gasteiger charge is -2.12. The molecule has 5 rings (SSSR count). The fourth-order valence-corrected chi connectivity index (χ4v) is 3.22.